The van der Waals surface area contributed by atoms with Gasteiger partial charge in [-0.15, -0.1) is 0 Å². The molecule has 7 nitrogen and oxygen atoms in total. The van der Waals surface area contributed by atoms with Crippen molar-refractivity contribution in [2.45, 2.75) is 6.92 Å². The summed E-state index contributed by atoms with van der Waals surface area (Å²) in [5, 5.41) is 15.0. The van der Waals surface area contributed by atoms with Crippen LogP contribution < -0.4 is 10.1 Å². The van der Waals surface area contributed by atoms with Crippen molar-refractivity contribution in [3.05, 3.63) is 40.1 Å². The van der Waals surface area contributed by atoms with Gasteiger partial charge in [0, 0.05) is 6.07 Å². The van der Waals surface area contributed by atoms with Crippen molar-refractivity contribution in [2.75, 3.05) is 11.9 Å². The highest BCUT2D eigenvalue weighted by Gasteiger charge is 2.11. The van der Waals surface area contributed by atoms with Gasteiger partial charge in [-0.1, -0.05) is 5.16 Å². The zero-order chi connectivity index (χ0) is 15.4. The molecule has 0 aliphatic heterocycles. The Hall–Kier alpha value is -2.35. The maximum atomic E-state index is 11.7. The Morgan fingerprint density at radius 3 is 2.81 bits per heavy atom. The summed E-state index contributed by atoms with van der Waals surface area (Å²) in [6.45, 7) is 1.42. The highest BCUT2D eigenvalue weighted by molar-refractivity contribution is 9.10. The number of hydrogen-bond acceptors (Lipinski definition) is 5. The Balaban J connectivity index is 1.97. The van der Waals surface area contributed by atoms with Crippen LogP contribution >= 0.6 is 15.9 Å². The summed E-state index contributed by atoms with van der Waals surface area (Å²) >= 11 is 3.22. The summed E-state index contributed by atoms with van der Waals surface area (Å²) in [7, 11) is 0. The van der Waals surface area contributed by atoms with E-state index in [2.05, 4.69) is 26.4 Å². The summed E-state index contributed by atoms with van der Waals surface area (Å²) in [5.41, 5.74) is 0.0701. The van der Waals surface area contributed by atoms with Crippen molar-refractivity contribution < 1.29 is 24.0 Å². The van der Waals surface area contributed by atoms with Crippen LogP contribution in [0, 0.1) is 6.92 Å². The molecule has 2 N–H and O–H groups in total. The molecule has 0 saturated heterocycles. The highest BCUT2D eigenvalue weighted by atomic mass is 79.9. The Labute approximate surface area is 128 Å². The van der Waals surface area contributed by atoms with Gasteiger partial charge in [0.1, 0.15) is 11.5 Å². The minimum atomic E-state index is -1.07. The predicted molar refractivity (Wildman–Crippen MR) is 76.5 cm³/mol. The lowest BCUT2D eigenvalue weighted by Crippen LogP contribution is -2.20. The molecule has 0 radical (unpaired) electrons. The van der Waals surface area contributed by atoms with Crippen LogP contribution in [-0.2, 0) is 4.79 Å². The van der Waals surface area contributed by atoms with Crippen molar-refractivity contribution in [2.24, 2.45) is 0 Å². The fourth-order valence-corrected chi connectivity index (χ4v) is 1.86. The van der Waals surface area contributed by atoms with E-state index >= 15 is 0 Å². The summed E-state index contributed by atoms with van der Waals surface area (Å²) in [4.78, 5) is 22.6. The number of carbonyl (C=O) groups excluding carboxylic acids is 1. The third-order valence-corrected chi connectivity index (χ3v) is 3.09. The van der Waals surface area contributed by atoms with Gasteiger partial charge in [0.2, 0.25) is 0 Å². The quantitative estimate of drug-likeness (QED) is 0.854. The molecule has 0 saturated carbocycles. The number of ether oxygens (including phenoxy) is 1. The lowest BCUT2D eigenvalue weighted by molar-refractivity contribution is -0.118. The second kappa shape index (κ2) is 6.40. The fourth-order valence-electron chi connectivity index (χ4n) is 1.49. The Bertz CT molecular complexity index is 683. The average molecular weight is 355 g/mol. The van der Waals surface area contributed by atoms with Crippen LogP contribution in [-0.4, -0.2) is 28.7 Å². The number of aryl methyl sites for hydroxylation is 1. The molecule has 0 aliphatic carbocycles. The zero-order valence-electron chi connectivity index (χ0n) is 10.9. The highest BCUT2D eigenvalue weighted by Crippen LogP contribution is 2.26. The number of aromatic carboxylic acids is 1. The number of carboxylic acids is 1. The van der Waals surface area contributed by atoms with E-state index in [-0.39, 0.29) is 17.9 Å². The van der Waals surface area contributed by atoms with Crippen molar-refractivity contribution in [3.8, 4) is 5.75 Å². The van der Waals surface area contributed by atoms with E-state index in [0.29, 0.717) is 16.1 Å². The molecule has 21 heavy (non-hydrogen) atoms. The second-order valence-electron chi connectivity index (χ2n) is 4.11. The standard InChI is InChI=1S/C13H11BrN2O5/c1-7-4-11(16-21-7)15-12(17)6-20-10-5-8(13(18)19)2-3-9(10)14/h2-5H,6H2,1H3,(H,18,19)(H,15,16,17). The molecule has 1 aromatic carbocycles. The monoisotopic (exact) mass is 354 g/mol. The molecule has 1 amide bonds. The van der Waals surface area contributed by atoms with Gasteiger partial charge in [0.15, 0.2) is 12.4 Å². The molecule has 110 valence electrons. The molecule has 0 aliphatic rings. The number of aromatic nitrogens is 1. The maximum Gasteiger partial charge on any atom is 0.335 e. The molecular weight excluding hydrogens is 344 g/mol. The number of amides is 1. The van der Waals surface area contributed by atoms with Gasteiger partial charge in [-0.05, 0) is 41.1 Å². The van der Waals surface area contributed by atoms with E-state index in [1.165, 1.54) is 18.2 Å². The van der Waals surface area contributed by atoms with Crippen LogP contribution in [0.1, 0.15) is 16.1 Å². The van der Waals surface area contributed by atoms with Crippen molar-refractivity contribution in [3.63, 3.8) is 0 Å². The first-order valence-electron chi connectivity index (χ1n) is 5.84. The number of rotatable bonds is 5. The second-order valence-corrected chi connectivity index (χ2v) is 4.96. The molecule has 8 heteroatoms. The SMILES string of the molecule is Cc1cc(NC(=O)COc2cc(C(=O)O)ccc2Br)no1. The number of halogens is 1. The van der Waals surface area contributed by atoms with Gasteiger partial charge >= 0.3 is 5.97 Å². The fraction of sp³-hybridized carbons (Fsp3) is 0.154. The summed E-state index contributed by atoms with van der Waals surface area (Å²) < 4.78 is 10.7. The number of nitrogens with one attached hydrogen (secondary N) is 1. The number of benzene rings is 1. The van der Waals surface area contributed by atoms with Crippen molar-refractivity contribution in [1.82, 2.24) is 5.16 Å². The van der Waals surface area contributed by atoms with Gasteiger partial charge in [-0.2, -0.15) is 0 Å². The van der Waals surface area contributed by atoms with Crippen LogP contribution in [0.2, 0.25) is 0 Å². The van der Waals surface area contributed by atoms with Gasteiger partial charge < -0.3 is 19.7 Å². The molecule has 0 atom stereocenters. The molecule has 1 aromatic heterocycles. The zero-order valence-corrected chi connectivity index (χ0v) is 12.5. The summed E-state index contributed by atoms with van der Waals surface area (Å²) in [6, 6.07) is 5.87. The van der Waals surface area contributed by atoms with Crippen LogP contribution in [0.15, 0.2) is 33.3 Å². The Morgan fingerprint density at radius 1 is 1.43 bits per heavy atom. The summed E-state index contributed by atoms with van der Waals surface area (Å²) in [6.07, 6.45) is 0. The first kappa shape index (κ1) is 15.0. The molecule has 0 bridgehead atoms. The van der Waals surface area contributed by atoms with Crippen molar-refractivity contribution >= 4 is 33.6 Å². The largest absolute Gasteiger partial charge is 0.483 e. The minimum Gasteiger partial charge on any atom is -0.483 e. The third-order valence-electron chi connectivity index (χ3n) is 2.43. The molecule has 0 unspecified atom stereocenters. The minimum absolute atomic E-state index is 0.0701. The molecule has 2 rings (SSSR count). The molecule has 2 aromatic rings. The number of nitrogens with zero attached hydrogens (tertiary/aromatic N) is 1. The Kier molecular flexibility index (Phi) is 4.59. The van der Waals surface area contributed by atoms with Crippen LogP contribution in [0.3, 0.4) is 0 Å². The lowest BCUT2D eigenvalue weighted by Gasteiger charge is -2.08. The van der Waals surface area contributed by atoms with E-state index in [9.17, 15) is 9.59 Å². The van der Waals surface area contributed by atoms with E-state index in [1.54, 1.807) is 13.0 Å². The molecular formula is C13H11BrN2O5. The number of hydrogen-bond donors (Lipinski definition) is 2. The normalized spacial score (nSPS) is 10.2. The van der Waals surface area contributed by atoms with E-state index < -0.39 is 11.9 Å². The van der Waals surface area contributed by atoms with Crippen LogP contribution in [0.25, 0.3) is 0 Å². The predicted octanol–water partition coefficient (Wildman–Crippen LogP) is 2.46. The first-order valence-corrected chi connectivity index (χ1v) is 6.64. The molecule has 1 heterocycles. The Morgan fingerprint density at radius 2 is 2.19 bits per heavy atom. The van der Waals surface area contributed by atoms with Gasteiger partial charge in [-0.3, -0.25) is 4.79 Å². The van der Waals surface area contributed by atoms with Crippen LogP contribution in [0.5, 0.6) is 5.75 Å². The van der Waals surface area contributed by atoms with Crippen molar-refractivity contribution in [1.29, 1.82) is 0 Å². The number of carboxylic acid groups (broad SMARTS) is 1. The smallest absolute Gasteiger partial charge is 0.335 e. The number of carbonyl (C=O) groups is 2. The summed E-state index contributed by atoms with van der Waals surface area (Å²) in [5.74, 6) is -0.380. The van der Waals surface area contributed by atoms with E-state index in [0.717, 1.165) is 0 Å². The topological polar surface area (TPSA) is 102 Å². The first-order chi connectivity index (χ1) is 9.95. The lowest BCUT2D eigenvalue weighted by atomic mass is 10.2. The maximum absolute atomic E-state index is 11.7. The number of anilines is 1. The van der Waals surface area contributed by atoms with E-state index in [1.807, 2.05) is 0 Å². The van der Waals surface area contributed by atoms with Crippen LogP contribution in [0.4, 0.5) is 5.82 Å². The molecule has 0 spiro atoms. The third kappa shape index (κ3) is 4.06. The van der Waals surface area contributed by atoms with Gasteiger partial charge in [0.05, 0.1) is 10.0 Å². The van der Waals surface area contributed by atoms with Gasteiger partial charge in [-0.25, -0.2) is 4.79 Å². The average Bonchev–Trinajstić information content (AvgIpc) is 2.82. The molecule has 0 fully saturated rings. The van der Waals surface area contributed by atoms with Gasteiger partial charge in [0.25, 0.3) is 5.91 Å². The van der Waals surface area contributed by atoms with E-state index in [4.69, 9.17) is 14.4 Å².